The monoisotopic (exact) mass is 374 g/mol. The van der Waals surface area contributed by atoms with Gasteiger partial charge in [-0.05, 0) is 26.0 Å². The summed E-state index contributed by atoms with van der Waals surface area (Å²) in [7, 11) is 3.58. The minimum atomic E-state index is -0.361. The molecule has 0 saturated carbocycles. The molecule has 1 aromatic carbocycles. The molecule has 9 heteroatoms. The molecule has 1 N–H and O–H groups in total. The Bertz CT molecular complexity index is 964. The van der Waals surface area contributed by atoms with Crippen LogP contribution >= 0.6 is 11.8 Å². The Labute approximate surface area is 154 Å². The molecule has 0 unspecified atom stereocenters. The second-order valence-electron chi connectivity index (χ2n) is 5.85. The van der Waals surface area contributed by atoms with Crippen LogP contribution in [0, 0.1) is 19.7 Å². The molecule has 0 aliphatic heterocycles. The quantitative estimate of drug-likeness (QED) is 0.695. The van der Waals surface area contributed by atoms with E-state index in [0.717, 1.165) is 17.1 Å². The molecule has 0 aliphatic rings. The van der Waals surface area contributed by atoms with Crippen molar-refractivity contribution >= 4 is 23.4 Å². The Hall–Kier alpha value is -2.68. The summed E-state index contributed by atoms with van der Waals surface area (Å²) in [6.07, 6.45) is 0. The lowest BCUT2D eigenvalue weighted by Crippen LogP contribution is -2.15. The summed E-state index contributed by atoms with van der Waals surface area (Å²) in [5, 5.41) is 15.8. The molecule has 0 atom stereocenters. The predicted octanol–water partition coefficient (Wildman–Crippen LogP) is 2.70. The van der Waals surface area contributed by atoms with Gasteiger partial charge in [0.05, 0.1) is 28.4 Å². The third-order valence-electron chi connectivity index (χ3n) is 4.06. The molecule has 3 rings (SSSR count). The fourth-order valence-electron chi connectivity index (χ4n) is 2.58. The first kappa shape index (κ1) is 18.1. The Morgan fingerprint density at radius 1 is 1.23 bits per heavy atom. The van der Waals surface area contributed by atoms with Crippen molar-refractivity contribution < 1.29 is 9.18 Å². The number of aromatic nitrogens is 5. The number of anilines is 1. The molecular formula is C17H19FN6OS. The van der Waals surface area contributed by atoms with E-state index in [1.54, 1.807) is 34.5 Å². The van der Waals surface area contributed by atoms with E-state index in [-0.39, 0.29) is 17.5 Å². The Morgan fingerprint density at radius 2 is 1.96 bits per heavy atom. The van der Waals surface area contributed by atoms with Gasteiger partial charge >= 0.3 is 0 Å². The number of nitrogens with zero attached hydrogens (tertiary/aromatic N) is 5. The van der Waals surface area contributed by atoms with Crippen LogP contribution < -0.4 is 5.32 Å². The van der Waals surface area contributed by atoms with E-state index in [1.807, 2.05) is 20.9 Å². The van der Waals surface area contributed by atoms with Crippen molar-refractivity contribution in [3.05, 3.63) is 41.5 Å². The third kappa shape index (κ3) is 3.48. The minimum absolute atomic E-state index is 0.162. The van der Waals surface area contributed by atoms with Crippen LogP contribution in [0.15, 0.2) is 29.4 Å². The number of aryl methyl sites for hydroxylation is 2. The first-order valence-corrected chi connectivity index (χ1v) is 8.94. The number of halogens is 1. The topological polar surface area (TPSA) is 77.6 Å². The molecule has 0 bridgehead atoms. The lowest BCUT2D eigenvalue weighted by molar-refractivity contribution is -0.113. The van der Waals surface area contributed by atoms with Crippen molar-refractivity contribution in [1.82, 2.24) is 24.5 Å². The number of benzene rings is 1. The summed E-state index contributed by atoms with van der Waals surface area (Å²) in [6.45, 7) is 3.74. The molecule has 1 amide bonds. The summed E-state index contributed by atoms with van der Waals surface area (Å²) in [5.74, 6) is 0.0613. The van der Waals surface area contributed by atoms with E-state index in [4.69, 9.17) is 0 Å². The van der Waals surface area contributed by atoms with Gasteiger partial charge < -0.3 is 9.88 Å². The molecule has 0 spiro atoms. The van der Waals surface area contributed by atoms with Crippen LogP contribution in [0.25, 0.3) is 11.4 Å². The highest BCUT2D eigenvalue weighted by atomic mass is 32.2. The summed E-state index contributed by atoms with van der Waals surface area (Å²) < 4.78 is 17.3. The maximum atomic E-state index is 13.9. The number of carbonyl (C=O) groups excluding carboxylic acids is 1. The van der Waals surface area contributed by atoms with Gasteiger partial charge in [0, 0.05) is 14.1 Å². The highest BCUT2D eigenvalue weighted by Crippen LogP contribution is 2.25. The van der Waals surface area contributed by atoms with Gasteiger partial charge in [0.25, 0.3) is 0 Å². The number of carbonyl (C=O) groups is 1. The maximum Gasteiger partial charge on any atom is 0.234 e. The second-order valence-corrected chi connectivity index (χ2v) is 6.79. The van der Waals surface area contributed by atoms with E-state index in [0.29, 0.717) is 16.5 Å². The smallest absolute Gasteiger partial charge is 0.234 e. The number of rotatable bonds is 5. The first-order chi connectivity index (χ1) is 12.4. The van der Waals surface area contributed by atoms with Crippen molar-refractivity contribution in [3.8, 4) is 11.4 Å². The molecule has 0 fully saturated rings. The van der Waals surface area contributed by atoms with Crippen molar-refractivity contribution in [2.75, 3.05) is 11.1 Å². The third-order valence-corrected chi connectivity index (χ3v) is 5.08. The normalized spacial score (nSPS) is 11.0. The van der Waals surface area contributed by atoms with Crippen LogP contribution in [0.1, 0.15) is 11.4 Å². The highest BCUT2D eigenvalue weighted by molar-refractivity contribution is 7.99. The number of thioether (sulfide) groups is 1. The molecule has 136 valence electrons. The van der Waals surface area contributed by atoms with Gasteiger partial charge in [0.15, 0.2) is 11.0 Å². The predicted molar refractivity (Wildman–Crippen MR) is 98.4 cm³/mol. The van der Waals surface area contributed by atoms with E-state index in [2.05, 4.69) is 20.6 Å². The Kier molecular flexibility index (Phi) is 5.08. The van der Waals surface area contributed by atoms with Crippen molar-refractivity contribution in [2.45, 2.75) is 19.0 Å². The molecule has 0 saturated heterocycles. The van der Waals surface area contributed by atoms with E-state index in [1.165, 1.54) is 17.8 Å². The number of hydrogen-bond acceptors (Lipinski definition) is 5. The largest absolute Gasteiger partial charge is 0.322 e. The summed E-state index contributed by atoms with van der Waals surface area (Å²) >= 11 is 1.24. The van der Waals surface area contributed by atoms with Crippen LogP contribution in [0.4, 0.5) is 10.1 Å². The molecule has 7 nitrogen and oxygen atoms in total. The fourth-order valence-corrected chi connectivity index (χ4v) is 3.29. The number of nitrogens with one attached hydrogen (secondary N) is 1. The summed E-state index contributed by atoms with van der Waals surface area (Å²) in [4.78, 5) is 12.3. The summed E-state index contributed by atoms with van der Waals surface area (Å²) in [6, 6.07) is 6.39. The van der Waals surface area contributed by atoms with E-state index >= 15 is 0 Å². The molecule has 0 radical (unpaired) electrons. The van der Waals surface area contributed by atoms with Crippen LogP contribution in [0.3, 0.4) is 0 Å². The van der Waals surface area contributed by atoms with Crippen LogP contribution in [0.5, 0.6) is 0 Å². The van der Waals surface area contributed by atoms with Crippen molar-refractivity contribution in [1.29, 1.82) is 0 Å². The second kappa shape index (κ2) is 7.28. The van der Waals surface area contributed by atoms with Gasteiger partial charge in [-0.1, -0.05) is 23.9 Å². The van der Waals surface area contributed by atoms with Crippen LogP contribution in [-0.2, 0) is 18.9 Å². The van der Waals surface area contributed by atoms with Crippen LogP contribution in [-0.4, -0.2) is 36.2 Å². The first-order valence-electron chi connectivity index (χ1n) is 7.95. The molecule has 2 heterocycles. The van der Waals surface area contributed by atoms with E-state index in [9.17, 15) is 9.18 Å². The van der Waals surface area contributed by atoms with Gasteiger partial charge in [-0.25, -0.2) is 4.39 Å². The van der Waals surface area contributed by atoms with Gasteiger partial charge in [0.1, 0.15) is 5.82 Å². The maximum absolute atomic E-state index is 13.9. The Morgan fingerprint density at radius 3 is 2.62 bits per heavy atom. The molecule has 2 aromatic heterocycles. The van der Waals surface area contributed by atoms with Crippen LogP contribution in [0.2, 0.25) is 0 Å². The Balaban J connectivity index is 1.69. The SMILES string of the molecule is Cc1nn(C)c(C)c1NC(=O)CSc1nnc(-c2ccccc2F)n1C. The van der Waals surface area contributed by atoms with Crippen molar-refractivity contribution in [2.24, 2.45) is 14.1 Å². The molecule has 0 aliphatic carbocycles. The standard InChI is InChI=1S/C17H19FN6OS/c1-10-15(11(2)24(4)22-10)19-14(25)9-26-17-21-20-16(23(17)3)12-7-5-6-8-13(12)18/h5-8H,9H2,1-4H3,(H,19,25). The lowest BCUT2D eigenvalue weighted by Gasteiger charge is -2.06. The zero-order valence-electron chi connectivity index (χ0n) is 14.9. The number of amides is 1. The average molecular weight is 374 g/mol. The lowest BCUT2D eigenvalue weighted by atomic mass is 10.2. The molecule has 3 aromatic rings. The van der Waals surface area contributed by atoms with E-state index < -0.39 is 0 Å². The van der Waals surface area contributed by atoms with Gasteiger partial charge in [-0.15, -0.1) is 10.2 Å². The zero-order valence-corrected chi connectivity index (χ0v) is 15.8. The summed E-state index contributed by atoms with van der Waals surface area (Å²) in [5.41, 5.74) is 2.76. The van der Waals surface area contributed by atoms with Gasteiger partial charge in [-0.2, -0.15) is 5.10 Å². The molecule has 26 heavy (non-hydrogen) atoms. The minimum Gasteiger partial charge on any atom is -0.322 e. The van der Waals surface area contributed by atoms with Gasteiger partial charge in [0.2, 0.25) is 5.91 Å². The zero-order chi connectivity index (χ0) is 18.8. The average Bonchev–Trinajstić information content (AvgIpc) is 3.08. The van der Waals surface area contributed by atoms with Crippen molar-refractivity contribution in [3.63, 3.8) is 0 Å². The number of hydrogen-bond donors (Lipinski definition) is 1. The highest BCUT2D eigenvalue weighted by Gasteiger charge is 2.17. The fraction of sp³-hybridized carbons (Fsp3) is 0.294. The van der Waals surface area contributed by atoms with Gasteiger partial charge in [-0.3, -0.25) is 9.48 Å². The molecular weight excluding hydrogens is 355 g/mol.